The van der Waals surface area contributed by atoms with E-state index in [9.17, 15) is 9.60 Å². The largest absolute Gasteiger partial charge is 0.691 e. The highest BCUT2D eigenvalue weighted by atomic mass is 35.5. The van der Waals surface area contributed by atoms with Crippen molar-refractivity contribution in [2.45, 2.75) is 6.92 Å². The number of rotatable bonds is 3. The highest BCUT2D eigenvalue weighted by Crippen LogP contribution is 2.20. The van der Waals surface area contributed by atoms with Gasteiger partial charge in [0.1, 0.15) is 11.5 Å². The Bertz CT molecular complexity index is 631. The van der Waals surface area contributed by atoms with Gasteiger partial charge in [-0.25, -0.2) is 4.39 Å². The lowest BCUT2D eigenvalue weighted by Crippen LogP contribution is -1.99. The zero-order valence-corrected chi connectivity index (χ0v) is 10.9. The molecule has 98 valence electrons. The van der Waals surface area contributed by atoms with Crippen molar-refractivity contribution < 1.29 is 9.25 Å². The fraction of sp³-hybridized carbons (Fsp3) is 0.0769. The number of nitrogens with one attached hydrogen (secondary N) is 1. The van der Waals surface area contributed by atoms with Crippen molar-refractivity contribution in [3.63, 3.8) is 0 Å². The fourth-order valence-corrected chi connectivity index (χ4v) is 1.68. The second kappa shape index (κ2) is 5.67. The molecule has 19 heavy (non-hydrogen) atoms. The van der Waals surface area contributed by atoms with Crippen LogP contribution in [0.4, 0.5) is 15.8 Å². The molecule has 0 heterocycles. The smallest absolute Gasteiger partial charge is 0.157 e. The SMILES string of the molecule is Cc1ccccc1/[N+]([O-])=N/Nc1ccc(F)c(Cl)c1. The first-order valence-corrected chi connectivity index (χ1v) is 5.90. The molecule has 1 N–H and O–H groups in total. The van der Waals surface area contributed by atoms with Gasteiger partial charge < -0.3 is 5.21 Å². The van der Waals surface area contributed by atoms with E-state index >= 15 is 0 Å². The predicted octanol–water partition coefficient (Wildman–Crippen LogP) is 4.41. The molecule has 0 saturated heterocycles. The van der Waals surface area contributed by atoms with Crippen molar-refractivity contribution in [3.05, 3.63) is 64.1 Å². The molecule has 0 aliphatic heterocycles. The fourth-order valence-electron chi connectivity index (χ4n) is 1.50. The number of hydrogen-bond donors (Lipinski definition) is 1. The van der Waals surface area contributed by atoms with Crippen molar-refractivity contribution in [3.8, 4) is 0 Å². The lowest BCUT2D eigenvalue weighted by atomic mass is 10.2. The number of nitrogens with zero attached hydrogens (tertiary/aromatic N) is 2. The maximum atomic E-state index is 13.0. The molecule has 0 aliphatic carbocycles. The highest BCUT2D eigenvalue weighted by Gasteiger charge is 2.05. The van der Waals surface area contributed by atoms with Crippen molar-refractivity contribution in [2.75, 3.05) is 5.43 Å². The van der Waals surface area contributed by atoms with Crippen LogP contribution in [0.1, 0.15) is 5.56 Å². The van der Waals surface area contributed by atoms with E-state index < -0.39 is 5.82 Å². The summed E-state index contributed by atoms with van der Waals surface area (Å²) in [4.78, 5) is 0.465. The maximum Gasteiger partial charge on any atom is 0.157 e. The van der Waals surface area contributed by atoms with E-state index in [2.05, 4.69) is 10.6 Å². The van der Waals surface area contributed by atoms with Crippen LogP contribution in [0, 0.1) is 17.9 Å². The standard InChI is InChI=1S/C13H11ClFN3O/c1-9-4-2-3-5-13(9)18(19)17-16-10-6-7-12(15)11(14)8-10/h2-8,16H,1H3/b18-17-. The van der Waals surface area contributed by atoms with Crippen LogP contribution in [0.2, 0.25) is 5.02 Å². The van der Waals surface area contributed by atoms with Gasteiger partial charge in [0.25, 0.3) is 0 Å². The molecule has 0 amide bonds. The summed E-state index contributed by atoms with van der Waals surface area (Å²) < 4.78 is 13.0. The third-order valence-electron chi connectivity index (χ3n) is 2.51. The molecule has 2 rings (SSSR count). The van der Waals surface area contributed by atoms with Gasteiger partial charge in [-0.05, 0) is 30.7 Å². The summed E-state index contributed by atoms with van der Waals surface area (Å²) in [7, 11) is 0. The monoisotopic (exact) mass is 279 g/mol. The van der Waals surface area contributed by atoms with E-state index in [-0.39, 0.29) is 5.02 Å². The van der Waals surface area contributed by atoms with Crippen molar-refractivity contribution >= 4 is 23.0 Å². The summed E-state index contributed by atoms with van der Waals surface area (Å²) in [5.74, 6) is -0.523. The molecule has 0 fully saturated rings. The molecule has 6 heteroatoms. The summed E-state index contributed by atoms with van der Waals surface area (Å²) in [6.45, 7) is 1.81. The van der Waals surface area contributed by atoms with Crippen molar-refractivity contribution in [1.29, 1.82) is 0 Å². The Labute approximate surface area is 114 Å². The molecule has 0 spiro atoms. The van der Waals surface area contributed by atoms with Gasteiger partial charge >= 0.3 is 0 Å². The molecular weight excluding hydrogens is 269 g/mol. The van der Waals surface area contributed by atoms with Gasteiger partial charge in [0.2, 0.25) is 0 Å². The quantitative estimate of drug-likeness (QED) is 0.514. The number of hydrogen-bond acceptors (Lipinski definition) is 2. The van der Waals surface area contributed by atoms with Gasteiger partial charge in [-0.15, -0.1) is 10.3 Å². The molecule has 0 atom stereocenters. The van der Waals surface area contributed by atoms with E-state index in [0.29, 0.717) is 16.2 Å². The minimum absolute atomic E-state index is 0.0338. The number of aryl methyl sites for hydroxylation is 1. The second-order valence-corrected chi connectivity index (χ2v) is 4.31. The summed E-state index contributed by atoms with van der Waals surface area (Å²) in [5, 5.41) is 15.4. The zero-order valence-electron chi connectivity index (χ0n) is 10.1. The van der Waals surface area contributed by atoms with Crippen LogP contribution in [-0.4, -0.2) is 4.86 Å². The first-order valence-electron chi connectivity index (χ1n) is 5.52. The highest BCUT2D eigenvalue weighted by molar-refractivity contribution is 6.31. The van der Waals surface area contributed by atoms with E-state index in [1.54, 1.807) is 12.1 Å². The van der Waals surface area contributed by atoms with Crippen LogP contribution in [0.15, 0.2) is 47.7 Å². The second-order valence-electron chi connectivity index (χ2n) is 3.90. The van der Waals surface area contributed by atoms with E-state index in [4.69, 9.17) is 11.6 Å². The lowest BCUT2D eigenvalue weighted by molar-refractivity contribution is -0.440. The molecule has 0 bridgehead atoms. The Morgan fingerprint density at radius 3 is 2.68 bits per heavy atom. The average molecular weight is 280 g/mol. The van der Waals surface area contributed by atoms with Gasteiger partial charge in [-0.2, -0.15) is 0 Å². The third kappa shape index (κ3) is 3.20. The maximum absolute atomic E-state index is 13.0. The Morgan fingerprint density at radius 1 is 1.26 bits per heavy atom. The molecular formula is C13H11ClFN3O. The van der Waals surface area contributed by atoms with Crippen LogP contribution < -0.4 is 5.43 Å². The van der Waals surface area contributed by atoms with Crippen LogP contribution >= 0.6 is 11.6 Å². The van der Waals surface area contributed by atoms with Crippen LogP contribution in [0.3, 0.4) is 0 Å². The van der Waals surface area contributed by atoms with E-state index in [1.807, 2.05) is 19.1 Å². The van der Waals surface area contributed by atoms with E-state index in [1.165, 1.54) is 18.2 Å². The average Bonchev–Trinajstić information content (AvgIpc) is 2.40. The molecule has 2 aromatic rings. The summed E-state index contributed by atoms with van der Waals surface area (Å²) >= 11 is 5.62. The molecule has 0 aliphatic rings. The summed E-state index contributed by atoms with van der Waals surface area (Å²) in [5.41, 5.74) is 4.20. The van der Waals surface area contributed by atoms with Crippen LogP contribution in [0.5, 0.6) is 0 Å². The number of anilines is 1. The topological polar surface area (TPSA) is 50.5 Å². The van der Waals surface area contributed by atoms with Crippen LogP contribution in [-0.2, 0) is 0 Å². The van der Waals surface area contributed by atoms with E-state index in [0.717, 1.165) is 5.56 Å². The Morgan fingerprint density at radius 2 is 2.00 bits per heavy atom. The normalized spacial score (nSPS) is 11.4. The summed E-state index contributed by atoms with van der Waals surface area (Å²) in [6, 6.07) is 11.0. The zero-order chi connectivity index (χ0) is 13.8. The van der Waals surface area contributed by atoms with Gasteiger partial charge in [-0.3, -0.25) is 0 Å². The molecule has 0 aromatic heterocycles. The Hall–Kier alpha value is -2.14. The summed E-state index contributed by atoms with van der Waals surface area (Å²) in [6.07, 6.45) is 0. The minimum atomic E-state index is -0.523. The Balaban J connectivity index is 2.18. The third-order valence-corrected chi connectivity index (χ3v) is 2.80. The molecule has 0 unspecified atom stereocenters. The van der Waals surface area contributed by atoms with Gasteiger partial charge in [0.05, 0.1) is 10.2 Å². The first kappa shape index (κ1) is 13.3. The van der Waals surface area contributed by atoms with Gasteiger partial charge in [0.15, 0.2) is 5.69 Å². The first-order chi connectivity index (χ1) is 9.08. The number of benzene rings is 2. The van der Waals surface area contributed by atoms with Crippen molar-refractivity contribution in [2.24, 2.45) is 5.22 Å². The predicted molar refractivity (Wildman–Crippen MR) is 71.9 cm³/mol. The van der Waals surface area contributed by atoms with Crippen molar-refractivity contribution in [1.82, 2.24) is 0 Å². The Kier molecular flexibility index (Phi) is 3.97. The minimum Gasteiger partial charge on any atom is -0.691 e. The number of halogens is 2. The molecule has 0 radical (unpaired) electrons. The van der Waals surface area contributed by atoms with Gasteiger partial charge in [0, 0.05) is 6.07 Å². The number of para-hydroxylation sites is 1. The molecule has 4 nitrogen and oxygen atoms in total. The molecule has 0 saturated carbocycles. The molecule has 2 aromatic carbocycles. The van der Waals surface area contributed by atoms with Gasteiger partial charge in [-0.1, -0.05) is 29.8 Å². The van der Waals surface area contributed by atoms with Crippen LogP contribution in [0.25, 0.3) is 0 Å². The lowest BCUT2D eigenvalue weighted by Gasteiger charge is -2.07.